The second kappa shape index (κ2) is 22.6. The molecule has 0 radical (unpaired) electrons. The molecule has 0 aliphatic heterocycles. The lowest BCUT2D eigenvalue weighted by molar-refractivity contribution is 0.481. The Balaban J connectivity index is 1.19. The Morgan fingerprint density at radius 3 is 1.00 bits per heavy atom. The van der Waals surface area contributed by atoms with Gasteiger partial charge < -0.3 is 19.0 Å². The highest BCUT2D eigenvalue weighted by Crippen LogP contribution is 2.64. The van der Waals surface area contributed by atoms with Crippen molar-refractivity contribution in [3.63, 3.8) is 0 Å². The van der Waals surface area contributed by atoms with E-state index in [1.807, 2.05) is 0 Å². The molecule has 0 spiro atoms. The standard InChI is InChI=1S/C89H92N2O2/c1-83(2,3)57-27-29-63(30-28-57)89(64-41-53-70(54-42-64)92-69-51-39-62(40-52-69)88(16,17)18)74-55-76(90(65-43-31-58(32-44-65)84(4,5)6)66-45-33-59(34-46-66)85(7,8)9)71-23-19-20-24-72(71)79(74)81-75(89)56-77(82-80(81)73-25-21-22-26-78(73)93-82)91(67-47-35-60(36-48-67)86(10,11)12)68-49-37-61(38-50-68)87(13,14)15/h19-56H,1-18H3. The fourth-order valence-electron chi connectivity index (χ4n) is 14.1. The first-order valence-corrected chi connectivity index (χ1v) is 33.5. The van der Waals surface area contributed by atoms with Crippen molar-refractivity contribution in [2.24, 2.45) is 0 Å². The van der Waals surface area contributed by atoms with Crippen LogP contribution in [0.15, 0.2) is 235 Å². The lowest BCUT2D eigenvalue weighted by Crippen LogP contribution is -2.29. The Hall–Kier alpha value is -9.12. The number of nitrogens with zero attached hydrogens (tertiary/aromatic N) is 2. The van der Waals surface area contributed by atoms with Crippen LogP contribution in [-0.2, 0) is 37.9 Å². The Labute approximate surface area is 553 Å². The molecule has 0 saturated heterocycles. The molecule has 13 rings (SSSR count). The second-order valence-electron chi connectivity index (χ2n) is 32.3. The molecule has 0 amide bonds. The van der Waals surface area contributed by atoms with Crippen LogP contribution in [-0.4, -0.2) is 0 Å². The van der Waals surface area contributed by atoms with E-state index in [9.17, 15) is 0 Å². The number of hydrogen-bond acceptors (Lipinski definition) is 4. The van der Waals surface area contributed by atoms with Gasteiger partial charge in [-0.25, -0.2) is 0 Å². The van der Waals surface area contributed by atoms with Crippen LogP contribution in [0.3, 0.4) is 0 Å². The van der Waals surface area contributed by atoms with Crippen LogP contribution in [0.25, 0.3) is 43.8 Å². The van der Waals surface area contributed by atoms with Gasteiger partial charge >= 0.3 is 0 Å². The van der Waals surface area contributed by atoms with Gasteiger partial charge in [0.25, 0.3) is 0 Å². The lowest BCUT2D eigenvalue weighted by atomic mass is 9.66. The molecular formula is C89H92N2O2. The third kappa shape index (κ3) is 11.3. The van der Waals surface area contributed by atoms with Crippen LogP contribution in [0, 0.1) is 0 Å². The highest BCUT2D eigenvalue weighted by atomic mass is 16.5. The minimum Gasteiger partial charge on any atom is -0.457 e. The summed E-state index contributed by atoms with van der Waals surface area (Å²) in [6, 6.07) is 87.2. The fourth-order valence-corrected chi connectivity index (χ4v) is 14.1. The topological polar surface area (TPSA) is 28.9 Å². The van der Waals surface area contributed by atoms with Gasteiger partial charge in [0.2, 0.25) is 0 Å². The molecule has 1 unspecified atom stereocenters. The molecule has 0 bridgehead atoms. The number of para-hydroxylation sites is 1. The van der Waals surface area contributed by atoms with Crippen LogP contribution in [0.1, 0.15) is 180 Å². The highest BCUT2D eigenvalue weighted by Gasteiger charge is 2.50. The van der Waals surface area contributed by atoms with Gasteiger partial charge in [0.15, 0.2) is 5.58 Å². The first-order chi connectivity index (χ1) is 43.9. The van der Waals surface area contributed by atoms with Gasteiger partial charge in [-0.2, -0.15) is 0 Å². The Kier molecular flexibility index (Phi) is 15.2. The summed E-state index contributed by atoms with van der Waals surface area (Å²) < 4.78 is 14.4. The maximum absolute atomic E-state index is 7.52. The molecule has 1 heterocycles. The molecule has 470 valence electrons. The fraction of sp³-hybridized carbons (Fsp3) is 0.281. The zero-order chi connectivity index (χ0) is 66.0. The number of benzene rings is 11. The molecule has 11 aromatic carbocycles. The zero-order valence-electron chi connectivity index (χ0n) is 58.2. The summed E-state index contributed by atoms with van der Waals surface area (Å²) in [7, 11) is 0. The number of anilines is 6. The van der Waals surface area contributed by atoms with E-state index in [0.717, 1.165) is 95.0 Å². The van der Waals surface area contributed by atoms with E-state index in [-0.39, 0.29) is 32.5 Å². The van der Waals surface area contributed by atoms with Gasteiger partial charge in [0.05, 0.1) is 16.8 Å². The van der Waals surface area contributed by atoms with E-state index < -0.39 is 5.41 Å². The highest BCUT2D eigenvalue weighted by molar-refractivity contribution is 6.23. The van der Waals surface area contributed by atoms with E-state index in [2.05, 4.69) is 365 Å². The van der Waals surface area contributed by atoms with E-state index in [4.69, 9.17) is 9.15 Å². The molecule has 4 nitrogen and oxygen atoms in total. The Morgan fingerprint density at radius 2 is 0.602 bits per heavy atom. The van der Waals surface area contributed by atoms with Crippen LogP contribution in [0.5, 0.6) is 11.5 Å². The van der Waals surface area contributed by atoms with Crippen LogP contribution >= 0.6 is 0 Å². The Bertz CT molecular complexity index is 4620. The first-order valence-electron chi connectivity index (χ1n) is 33.5. The van der Waals surface area contributed by atoms with Crippen molar-refractivity contribution in [1.82, 2.24) is 0 Å². The molecule has 0 saturated carbocycles. The molecule has 1 aliphatic rings. The molecule has 93 heavy (non-hydrogen) atoms. The van der Waals surface area contributed by atoms with Crippen LogP contribution in [0.2, 0.25) is 0 Å². The van der Waals surface area contributed by atoms with E-state index >= 15 is 0 Å². The summed E-state index contributed by atoms with van der Waals surface area (Å²) in [5.41, 5.74) is 21.4. The van der Waals surface area contributed by atoms with Crippen LogP contribution in [0.4, 0.5) is 34.1 Å². The minimum atomic E-state index is -0.955. The summed E-state index contributed by atoms with van der Waals surface area (Å²) in [5, 5.41) is 4.45. The van der Waals surface area contributed by atoms with Crippen molar-refractivity contribution in [2.45, 2.75) is 163 Å². The predicted octanol–water partition coefficient (Wildman–Crippen LogP) is 25.6. The summed E-state index contributed by atoms with van der Waals surface area (Å²) in [4.78, 5) is 4.97. The number of fused-ring (bicyclic) bond motifs is 9. The van der Waals surface area contributed by atoms with E-state index in [1.54, 1.807) is 0 Å². The van der Waals surface area contributed by atoms with E-state index in [0.29, 0.717) is 0 Å². The number of rotatable bonds is 10. The maximum Gasteiger partial charge on any atom is 0.160 e. The molecule has 4 heteroatoms. The van der Waals surface area contributed by atoms with Crippen molar-refractivity contribution < 1.29 is 9.15 Å². The summed E-state index contributed by atoms with van der Waals surface area (Å²) in [5.74, 6) is 1.56. The summed E-state index contributed by atoms with van der Waals surface area (Å²) in [6.45, 7) is 41.2. The largest absolute Gasteiger partial charge is 0.457 e. The summed E-state index contributed by atoms with van der Waals surface area (Å²) >= 11 is 0. The number of hydrogen-bond donors (Lipinski definition) is 0. The average Bonchev–Trinajstić information content (AvgIpc) is 1.52. The van der Waals surface area contributed by atoms with Gasteiger partial charge in [0.1, 0.15) is 17.1 Å². The van der Waals surface area contributed by atoms with Gasteiger partial charge in [-0.1, -0.05) is 264 Å². The summed E-state index contributed by atoms with van der Waals surface area (Å²) in [6.07, 6.45) is 0. The smallest absolute Gasteiger partial charge is 0.160 e. The predicted molar refractivity (Wildman–Crippen MR) is 397 cm³/mol. The lowest BCUT2D eigenvalue weighted by Gasteiger charge is -2.36. The maximum atomic E-state index is 7.52. The SMILES string of the molecule is CC(C)(C)c1ccc(Oc2ccc(C3(c4ccc(C(C)(C)C)cc4)c4cc(N(c5ccc(C(C)(C)C)cc5)c5ccc(C(C)(C)C)cc5)c5ccccc5c4-c4c3cc(N(c3ccc(C(C)(C)C)cc3)c3ccc(C(C)(C)C)cc3)c3oc5ccccc5c43)cc2)cc1. The molecule has 0 N–H and O–H groups in total. The molecular weight excluding hydrogens is 1130 g/mol. The van der Waals surface area contributed by atoms with E-state index in [1.165, 1.54) is 50.1 Å². The van der Waals surface area contributed by atoms with Crippen molar-refractivity contribution >= 4 is 66.8 Å². The zero-order valence-corrected chi connectivity index (χ0v) is 58.2. The van der Waals surface area contributed by atoms with Gasteiger partial charge in [-0.05, 0) is 196 Å². The molecule has 1 aliphatic carbocycles. The molecule has 12 aromatic rings. The molecule has 1 aromatic heterocycles. The first kappa shape index (κ1) is 62.7. The third-order valence-electron chi connectivity index (χ3n) is 19.6. The van der Waals surface area contributed by atoms with Gasteiger partial charge in [-0.3, -0.25) is 0 Å². The van der Waals surface area contributed by atoms with Crippen molar-refractivity contribution in [2.75, 3.05) is 9.80 Å². The van der Waals surface area contributed by atoms with Crippen LogP contribution < -0.4 is 14.5 Å². The second-order valence-corrected chi connectivity index (χ2v) is 32.3. The Morgan fingerprint density at radius 1 is 0.301 bits per heavy atom. The van der Waals surface area contributed by atoms with Gasteiger partial charge in [-0.15, -0.1) is 0 Å². The van der Waals surface area contributed by atoms with Crippen molar-refractivity contribution in [3.8, 4) is 22.6 Å². The normalized spacial score (nSPS) is 14.6. The quantitative estimate of drug-likeness (QED) is 0.136. The van der Waals surface area contributed by atoms with Crippen molar-refractivity contribution in [1.29, 1.82) is 0 Å². The monoisotopic (exact) mass is 1220 g/mol. The molecule has 1 atom stereocenters. The minimum absolute atomic E-state index is 0.0163. The third-order valence-corrected chi connectivity index (χ3v) is 19.6. The number of furan rings is 1. The van der Waals surface area contributed by atoms with Gasteiger partial charge in [0, 0.05) is 38.9 Å². The molecule has 0 fully saturated rings. The van der Waals surface area contributed by atoms with Crippen molar-refractivity contribution in [3.05, 3.63) is 286 Å². The average molecular weight is 1220 g/mol. The number of ether oxygens (including phenoxy) is 1.